The fourth-order valence-corrected chi connectivity index (χ4v) is 4.26. The van der Waals surface area contributed by atoms with Crippen LogP contribution in [0, 0.1) is 5.92 Å². The molecule has 2 amide bonds. The topological polar surface area (TPSA) is 108 Å². The number of nitrogens with one attached hydrogen (secondary N) is 2. The van der Waals surface area contributed by atoms with E-state index in [4.69, 9.17) is 5.11 Å². The van der Waals surface area contributed by atoms with Gasteiger partial charge < -0.3 is 10.4 Å². The van der Waals surface area contributed by atoms with Gasteiger partial charge in [0.1, 0.15) is 0 Å². The normalized spacial score (nSPS) is 19.7. The van der Waals surface area contributed by atoms with Gasteiger partial charge in [0, 0.05) is 11.4 Å². The summed E-state index contributed by atoms with van der Waals surface area (Å²) in [4.78, 5) is 40.0. The van der Waals surface area contributed by atoms with E-state index in [1.54, 1.807) is 17.5 Å². The molecule has 0 unspecified atom stereocenters. The van der Waals surface area contributed by atoms with Crippen LogP contribution < -0.4 is 10.6 Å². The number of aromatic nitrogens is 1. The Hall–Kier alpha value is -2.26. The monoisotopic (exact) mass is 393 g/mol. The molecule has 0 aliphatic heterocycles. The van der Waals surface area contributed by atoms with E-state index >= 15 is 0 Å². The first kappa shape index (κ1) is 18.5. The van der Waals surface area contributed by atoms with E-state index in [9.17, 15) is 14.4 Å². The maximum atomic E-state index is 12.2. The second-order valence-electron chi connectivity index (χ2n) is 6.21. The van der Waals surface area contributed by atoms with E-state index in [-0.39, 0.29) is 30.2 Å². The highest BCUT2D eigenvalue weighted by atomic mass is 32.1. The van der Waals surface area contributed by atoms with Crippen LogP contribution in [-0.2, 0) is 16.0 Å². The van der Waals surface area contributed by atoms with Crippen molar-refractivity contribution < 1.29 is 19.5 Å². The molecule has 0 aromatic carbocycles. The summed E-state index contributed by atoms with van der Waals surface area (Å²) in [5.41, 5.74) is 0.605. The third-order valence-corrected chi connectivity index (χ3v) is 5.98. The van der Waals surface area contributed by atoms with Crippen molar-refractivity contribution in [2.24, 2.45) is 5.92 Å². The minimum absolute atomic E-state index is 0.0229. The lowest BCUT2D eigenvalue weighted by atomic mass is 9.86. The maximum Gasteiger partial charge on any atom is 0.306 e. The average molecular weight is 393 g/mol. The quantitative estimate of drug-likeness (QED) is 0.699. The van der Waals surface area contributed by atoms with Crippen LogP contribution in [-0.4, -0.2) is 33.9 Å². The summed E-state index contributed by atoms with van der Waals surface area (Å²) >= 11 is 2.64. The van der Waals surface area contributed by atoms with E-state index in [2.05, 4.69) is 15.6 Å². The number of carboxylic acid groups (broad SMARTS) is 1. The van der Waals surface area contributed by atoms with Crippen molar-refractivity contribution in [1.29, 1.82) is 0 Å². The minimum atomic E-state index is -0.755. The van der Waals surface area contributed by atoms with E-state index in [0.717, 1.165) is 0 Å². The SMILES string of the molecule is O=C(Cc1csc(NC(=O)c2cccs2)n1)NC1CCC(C(=O)O)CC1. The van der Waals surface area contributed by atoms with Crippen LogP contribution in [0.25, 0.3) is 0 Å². The number of amides is 2. The molecule has 2 aromatic rings. The van der Waals surface area contributed by atoms with Crippen LogP contribution in [0.3, 0.4) is 0 Å². The summed E-state index contributed by atoms with van der Waals surface area (Å²) in [6.45, 7) is 0. The Kier molecular flexibility index (Phi) is 6.00. The van der Waals surface area contributed by atoms with Crippen molar-refractivity contribution in [3.8, 4) is 0 Å². The van der Waals surface area contributed by atoms with Gasteiger partial charge in [0.2, 0.25) is 5.91 Å². The molecule has 26 heavy (non-hydrogen) atoms. The van der Waals surface area contributed by atoms with Crippen LogP contribution in [0.1, 0.15) is 41.0 Å². The molecule has 2 aromatic heterocycles. The van der Waals surface area contributed by atoms with Crippen molar-refractivity contribution in [3.63, 3.8) is 0 Å². The molecule has 138 valence electrons. The summed E-state index contributed by atoms with van der Waals surface area (Å²) in [6, 6.07) is 3.57. The summed E-state index contributed by atoms with van der Waals surface area (Å²) in [6.07, 6.45) is 2.69. The smallest absolute Gasteiger partial charge is 0.306 e. The van der Waals surface area contributed by atoms with Crippen LogP contribution in [0.15, 0.2) is 22.9 Å². The number of aliphatic carboxylic acids is 1. The predicted octanol–water partition coefficient (Wildman–Crippen LogP) is 2.76. The zero-order chi connectivity index (χ0) is 18.5. The third kappa shape index (κ3) is 4.89. The second-order valence-corrected chi connectivity index (χ2v) is 8.01. The second kappa shape index (κ2) is 8.41. The first-order valence-corrected chi connectivity index (χ1v) is 10.1. The molecule has 1 aliphatic rings. The summed E-state index contributed by atoms with van der Waals surface area (Å²) in [5.74, 6) is -1.39. The number of carbonyl (C=O) groups excluding carboxylic acids is 2. The standard InChI is InChI=1S/C17H19N3O4S2/c21-14(18-11-5-3-10(4-6-11)16(23)24)8-12-9-26-17(19-12)20-15(22)13-2-1-7-25-13/h1-2,7,9-11H,3-6,8H2,(H,18,21)(H,23,24)(H,19,20,22). The van der Waals surface area contributed by atoms with Gasteiger partial charge in [-0.2, -0.15) is 0 Å². The van der Waals surface area contributed by atoms with E-state index in [0.29, 0.717) is 41.4 Å². The molecular formula is C17H19N3O4S2. The molecule has 0 saturated heterocycles. The molecule has 3 N–H and O–H groups in total. The molecule has 0 spiro atoms. The Morgan fingerprint density at radius 3 is 2.62 bits per heavy atom. The fourth-order valence-electron chi connectivity index (χ4n) is 2.94. The van der Waals surface area contributed by atoms with Crippen molar-refractivity contribution in [2.45, 2.75) is 38.1 Å². The molecule has 1 saturated carbocycles. The number of thiazole rings is 1. The van der Waals surface area contributed by atoms with Gasteiger partial charge in [-0.05, 0) is 37.1 Å². The van der Waals surface area contributed by atoms with Gasteiger partial charge in [0.25, 0.3) is 5.91 Å². The first-order valence-electron chi connectivity index (χ1n) is 8.32. The summed E-state index contributed by atoms with van der Waals surface area (Å²) < 4.78 is 0. The molecule has 0 bridgehead atoms. The number of thiophene rings is 1. The highest BCUT2D eigenvalue weighted by Gasteiger charge is 2.26. The highest BCUT2D eigenvalue weighted by Crippen LogP contribution is 2.24. The molecule has 3 rings (SSSR count). The van der Waals surface area contributed by atoms with Crippen LogP contribution in [0.5, 0.6) is 0 Å². The Labute approximate surface area is 158 Å². The van der Waals surface area contributed by atoms with E-state index < -0.39 is 5.97 Å². The van der Waals surface area contributed by atoms with Gasteiger partial charge in [0.15, 0.2) is 5.13 Å². The number of hydrogen-bond acceptors (Lipinski definition) is 6. The number of hydrogen-bond donors (Lipinski definition) is 3. The van der Waals surface area contributed by atoms with Crippen molar-refractivity contribution in [1.82, 2.24) is 10.3 Å². The molecule has 9 heteroatoms. The van der Waals surface area contributed by atoms with Crippen LogP contribution in [0.2, 0.25) is 0 Å². The Morgan fingerprint density at radius 2 is 1.96 bits per heavy atom. The Morgan fingerprint density at radius 1 is 1.19 bits per heavy atom. The summed E-state index contributed by atoms with van der Waals surface area (Å²) in [7, 11) is 0. The largest absolute Gasteiger partial charge is 0.481 e. The van der Waals surface area contributed by atoms with Crippen molar-refractivity contribution in [3.05, 3.63) is 33.5 Å². The zero-order valence-electron chi connectivity index (χ0n) is 13.9. The third-order valence-electron chi connectivity index (χ3n) is 4.30. The molecule has 0 radical (unpaired) electrons. The van der Waals surface area contributed by atoms with Gasteiger partial charge in [-0.3, -0.25) is 19.7 Å². The zero-order valence-corrected chi connectivity index (χ0v) is 15.6. The minimum Gasteiger partial charge on any atom is -0.481 e. The van der Waals surface area contributed by atoms with Crippen LogP contribution in [0.4, 0.5) is 5.13 Å². The van der Waals surface area contributed by atoms with E-state index in [1.165, 1.54) is 22.7 Å². The highest BCUT2D eigenvalue weighted by molar-refractivity contribution is 7.14. The lowest BCUT2D eigenvalue weighted by Crippen LogP contribution is -2.39. The van der Waals surface area contributed by atoms with Crippen molar-refractivity contribution in [2.75, 3.05) is 5.32 Å². The molecule has 1 fully saturated rings. The van der Waals surface area contributed by atoms with Gasteiger partial charge in [-0.15, -0.1) is 22.7 Å². The van der Waals surface area contributed by atoms with Crippen molar-refractivity contribution >= 4 is 45.6 Å². The van der Waals surface area contributed by atoms with Gasteiger partial charge in [0.05, 0.1) is 22.9 Å². The van der Waals surface area contributed by atoms with Gasteiger partial charge >= 0.3 is 5.97 Å². The lowest BCUT2D eigenvalue weighted by Gasteiger charge is -2.26. The molecule has 2 heterocycles. The summed E-state index contributed by atoms with van der Waals surface area (Å²) in [5, 5.41) is 18.7. The van der Waals surface area contributed by atoms with E-state index in [1.807, 2.05) is 5.38 Å². The molecule has 0 atom stereocenters. The van der Waals surface area contributed by atoms with Gasteiger partial charge in [-0.1, -0.05) is 6.07 Å². The number of rotatable bonds is 6. The Balaban J connectivity index is 1.46. The number of anilines is 1. The maximum absolute atomic E-state index is 12.2. The fraction of sp³-hybridized carbons (Fsp3) is 0.412. The number of nitrogens with zero attached hydrogens (tertiary/aromatic N) is 1. The average Bonchev–Trinajstić information content (AvgIpc) is 3.27. The lowest BCUT2D eigenvalue weighted by molar-refractivity contribution is -0.142. The van der Waals surface area contributed by atoms with Gasteiger partial charge in [-0.25, -0.2) is 4.98 Å². The predicted molar refractivity (Wildman–Crippen MR) is 99.6 cm³/mol. The number of carboxylic acids is 1. The molecular weight excluding hydrogens is 374 g/mol. The molecule has 1 aliphatic carbocycles. The van der Waals surface area contributed by atoms with Crippen LogP contribution >= 0.6 is 22.7 Å². The first-order chi connectivity index (χ1) is 12.5. The number of carbonyl (C=O) groups is 3. The molecule has 7 nitrogen and oxygen atoms in total. The Bertz CT molecular complexity index is 780.